The average Bonchev–Trinajstić information content (AvgIpc) is 2.42. The van der Waals surface area contributed by atoms with Gasteiger partial charge in [-0.15, -0.1) is 11.3 Å². The summed E-state index contributed by atoms with van der Waals surface area (Å²) in [6, 6.07) is 4.87. The van der Waals surface area contributed by atoms with Crippen molar-refractivity contribution in [2.75, 3.05) is 0 Å². The third kappa shape index (κ3) is 1.73. The molecule has 1 aromatic carbocycles. The highest BCUT2D eigenvalue weighted by atomic mass is 35.5. The van der Waals surface area contributed by atoms with E-state index < -0.39 is 11.1 Å². The summed E-state index contributed by atoms with van der Waals surface area (Å²) in [4.78, 5) is 4.39. The molecule has 0 spiro atoms. The lowest BCUT2D eigenvalue weighted by atomic mass is 10.3. The molecule has 0 aliphatic rings. The van der Waals surface area contributed by atoms with Crippen LogP contribution >= 0.6 is 22.9 Å². The zero-order chi connectivity index (χ0) is 9.42. The van der Waals surface area contributed by atoms with Gasteiger partial charge >= 0.3 is 0 Å². The van der Waals surface area contributed by atoms with Gasteiger partial charge in [-0.1, -0.05) is 11.6 Å². The van der Waals surface area contributed by atoms with Crippen LogP contribution in [0.25, 0.3) is 10.2 Å². The molecule has 2 rings (SSSR count). The molecule has 1 N–H and O–H groups in total. The fourth-order valence-electron chi connectivity index (χ4n) is 0.985. The summed E-state index contributed by atoms with van der Waals surface area (Å²) in [6.07, 6.45) is 0. The summed E-state index contributed by atoms with van der Waals surface area (Å²) in [5.74, 6) is 0. The van der Waals surface area contributed by atoms with Crippen molar-refractivity contribution in [2.45, 2.75) is 4.90 Å². The number of hydrogen-bond acceptors (Lipinski definition) is 3. The number of hydrogen-bond donors (Lipinski definition) is 1. The number of halogens is 1. The van der Waals surface area contributed by atoms with E-state index in [0.717, 1.165) is 10.2 Å². The highest BCUT2D eigenvalue weighted by Gasteiger charge is 2.05. The highest BCUT2D eigenvalue weighted by molar-refractivity contribution is 7.79. The van der Waals surface area contributed by atoms with Crippen LogP contribution in [0.2, 0.25) is 4.47 Å². The molecule has 0 fully saturated rings. The lowest BCUT2D eigenvalue weighted by molar-refractivity contribution is 0.564. The minimum absolute atomic E-state index is 0.368. The Balaban J connectivity index is 2.67. The topological polar surface area (TPSA) is 50.2 Å². The monoisotopic (exact) mass is 233 g/mol. The second-order valence-electron chi connectivity index (χ2n) is 2.35. The molecule has 1 heterocycles. The molecule has 2 aromatic rings. The van der Waals surface area contributed by atoms with Crippen molar-refractivity contribution in [3.63, 3.8) is 0 Å². The van der Waals surface area contributed by atoms with E-state index in [1.807, 2.05) is 0 Å². The van der Waals surface area contributed by atoms with E-state index in [0.29, 0.717) is 9.36 Å². The summed E-state index contributed by atoms with van der Waals surface area (Å²) in [5, 5.41) is 0. The van der Waals surface area contributed by atoms with Crippen molar-refractivity contribution >= 4 is 44.2 Å². The minimum Gasteiger partial charge on any atom is -0.302 e. The van der Waals surface area contributed by atoms with E-state index in [9.17, 15) is 4.21 Å². The van der Waals surface area contributed by atoms with Crippen LogP contribution < -0.4 is 0 Å². The molecule has 0 radical (unpaired) electrons. The third-order valence-electron chi connectivity index (χ3n) is 1.54. The molecule has 1 atom stereocenters. The van der Waals surface area contributed by atoms with Crippen LogP contribution in [0.5, 0.6) is 0 Å². The van der Waals surface area contributed by atoms with Gasteiger partial charge in [0.05, 0.1) is 15.1 Å². The van der Waals surface area contributed by atoms with Gasteiger partial charge in [0.25, 0.3) is 0 Å². The molecule has 13 heavy (non-hydrogen) atoms. The van der Waals surface area contributed by atoms with Crippen LogP contribution in [-0.4, -0.2) is 13.7 Å². The van der Waals surface area contributed by atoms with Crippen molar-refractivity contribution in [2.24, 2.45) is 0 Å². The van der Waals surface area contributed by atoms with Crippen LogP contribution in [0, 0.1) is 0 Å². The number of thiazole rings is 1. The van der Waals surface area contributed by atoms with Crippen molar-refractivity contribution in [1.29, 1.82) is 0 Å². The lowest BCUT2D eigenvalue weighted by Crippen LogP contribution is -1.86. The molecular weight excluding hydrogens is 230 g/mol. The first-order chi connectivity index (χ1) is 6.16. The van der Waals surface area contributed by atoms with Crippen molar-refractivity contribution in [3.8, 4) is 0 Å². The standard InChI is InChI=1S/C7H4ClNO2S2/c8-7-9-5-2-1-4(13(10)11)3-6(5)12-7/h1-3H,(H,10,11). The molecule has 0 saturated carbocycles. The first-order valence-corrected chi connectivity index (χ1v) is 5.64. The Labute approximate surface area is 85.7 Å². The Morgan fingerprint density at radius 3 is 3.00 bits per heavy atom. The maximum Gasteiger partial charge on any atom is 0.186 e. The number of benzene rings is 1. The number of rotatable bonds is 1. The molecule has 0 amide bonds. The summed E-state index contributed by atoms with van der Waals surface area (Å²) in [7, 11) is 0. The summed E-state index contributed by atoms with van der Waals surface area (Å²) < 4.78 is 20.8. The summed E-state index contributed by atoms with van der Waals surface area (Å²) >= 11 is 5.04. The molecule has 68 valence electrons. The van der Waals surface area contributed by atoms with E-state index in [1.165, 1.54) is 11.3 Å². The number of fused-ring (bicyclic) bond motifs is 1. The van der Waals surface area contributed by atoms with E-state index in [-0.39, 0.29) is 0 Å². The fraction of sp³-hybridized carbons (Fsp3) is 0. The van der Waals surface area contributed by atoms with Crippen LogP contribution in [0.4, 0.5) is 0 Å². The minimum atomic E-state index is -1.94. The third-order valence-corrected chi connectivity index (χ3v) is 3.32. The van der Waals surface area contributed by atoms with Gasteiger partial charge in [0.2, 0.25) is 0 Å². The van der Waals surface area contributed by atoms with Crippen molar-refractivity contribution < 1.29 is 8.76 Å². The molecule has 0 aliphatic carbocycles. The summed E-state index contributed by atoms with van der Waals surface area (Å²) in [5.41, 5.74) is 0.754. The molecule has 1 aromatic heterocycles. The van der Waals surface area contributed by atoms with Crippen LogP contribution in [-0.2, 0) is 11.1 Å². The molecule has 3 nitrogen and oxygen atoms in total. The lowest BCUT2D eigenvalue weighted by Gasteiger charge is -1.92. The predicted octanol–water partition coefficient (Wildman–Crippen LogP) is 2.53. The van der Waals surface area contributed by atoms with E-state index in [2.05, 4.69) is 4.98 Å². The molecule has 0 aliphatic heterocycles. The Bertz CT molecular complexity index is 482. The van der Waals surface area contributed by atoms with E-state index >= 15 is 0 Å². The Hall–Kier alpha value is -0.490. The van der Waals surface area contributed by atoms with Crippen LogP contribution in [0.15, 0.2) is 23.1 Å². The van der Waals surface area contributed by atoms with Crippen LogP contribution in [0.1, 0.15) is 0 Å². The molecule has 1 unspecified atom stereocenters. The number of aromatic nitrogens is 1. The molecule has 0 saturated heterocycles. The van der Waals surface area contributed by atoms with Gasteiger partial charge in [0.1, 0.15) is 0 Å². The number of nitrogens with zero attached hydrogens (tertiary/aromatic N) is 1. The SMILES string of the molecule is O=S(O)c1ccc2nc(Cl)sc2c1. The predicted molar refractivity (Wildman–Crippen MR) is 53.7 cm³/mol. The quantitative estimate of drug-likeness (QED) is 0.770. The highest BCUT2D eigenvalue weighted by Crippen LogP contribution is 2.26. The van der Waals surface area contributed by atoms with Crippen LogP contribution in [0.3, 0.4) is 0 Å². The maximum atomic E-state index is 10.7. The fourth-order valence-corrected chi connectivity index (χ4v) is 2.53. The first kappa shape index (κ1) is 9.08. The Morgan fingerprint density at radius 1 is 1.54 bits per heavy atom. The van der Waals surface area contributed by atoms with E-state index in [1.54, 1.807) is 18.2 Å². The van der Waals surface area contributed by atoms with Crippen molar-refractivity contribution in [1.82, 2.24) is 4.98 Å². The molecule has 6 heteroatoms. The average molecular weight is 234 g/mol. The van der Waals surface area contributed by atoms with Gasteiger partial charge < -0.3 is 4.55 Å². The molecular formula is C7H4ClNO2S2. The second kappa shape index (κ2) is 3.34. The maximum absolute atomic E-state index is 10.7. The zero-order valence-electron chi connectivity index (χ0n) is 6.23. The summed E-state index contributed by atoms with van der Waals surface area (Å²) in [6.45, 7) is 0. The largest absolute Gasteiger partial charge is 0.302 e. The van der Waals surface area contributed by atoms with Gasteiger partial charge in [-0.2, -0.15) is 0 Å². The van der Waals surface area contributed by atoms with Gasteiger partial charge in [-0.25, -0.2) is 9.19 Å². The Morgan fingerprint density at radius 2 is 2.31 bits per heavy atom. The molecule has 0 bridgehead atoms. The van der Waals surface area contributed by atoms with Gasteiger partial charge in [-0.3, -0.25) is 0 Å². The van der Waals surface area contributed by atoms with Gasteiger partial charge in [-0.05, 0) is 18.2 Å². The Kier molecular flexibility index (Phi) is 2.33. The van der Waals surface area contributed by atoms with Gasteiger partial charge in [0.15, 0.2) is 15.5 Å². The zero-order valence-corrected chi connectivity index (χ0v) is 8.62. The van der Waals surface area contributed by atoms with Crippen molar-refractivity contribution in [3.05, 3.63) is 22.7 Å². The second-order valence-corrected chi connectivity index (χ2v) is 4.93. The van der Waals surface area contributed by atoms with E-state index in [4.69, 9.17) is 16.2 Å². The first-order valence-electron chi connectivity index (χ1n) is 3.34. The normalized spacial score (nSPS) is 13.4. The smallest absolute Gasteiger partial charge is 0.186 e. The van der Waals surface area contributed by atoms with Gasteiger partial charge in [0, 0.05) is 0 Å².